The third kappa shape index (κ3) is 5.24. The second-order valence-electron chi connectivity index (χ2n) is 3.53. The lowest BCUT2D eigenvalue weighted by molar-refractivity contribution is -0.274. The number of methoxy groups -OCH3 is 1. The van der Waals surface area contributed by atoms with Crippen molar-refractivity contribution < 1.29 is 27.8 Å². The molecule has 1 aromatic carbocycles. The van der Waals surface area contributed by atoms with Crippen LogP contribution in [0.15, 0.2) is 24.3 Å². The molecule has 0 aromatic heterocycles. The lowest BCUT2D eigenvalue weighted by Gasteiger charge is -2.16. The summed E-state index contributed by atoms with van der Waals surface area (Å²) in [5.74, 6) is -0.338. The van der Waals surface area contributed by atoms with E-state index in [0.29, 0.717) is 0 Å². The molecule has 1 atom stereocenters. The number of nitrogens with one attached hydrogen (secondary N) is 1. The molecule has 0 fully saturated rings. The first kappa shape index (κ1) is 14.6. The number of aliphatic hydroxyl groups is 1. The summed E-state index contributed by atoms with van der Waals surface area (Å²) in [6, 6.07) is 5.62. The lowest BCUT2D eigenvalue weighted by atomic mass is 10.2. The van der Waals surface area contributed by atoms with Crippen LogP contribution in [0.1, 0.15) is 0 Å². The van der Waals surface area contributed by atoms with Gasteiger partial charge in [-0.2, -0.15) is 0 Å². The Hall–Kier alpha value is -1.47. The van der Waals surface area contributed by atoms with Crippen molar-refractivity contribution in [1.82, 2.24) is 0 Å². The highest BCUT2D eigenvalue weighted by atomic mass is 19.4. The highest BCUT2D eigenvalue weighted by Gasteiger charge is 2.32. The fourth-order valence-corrected chi connectivity index (χ4v) is 1.31. The number of halogens is 3. The van der Waals surface area contributed by atoms with Gasteiger partial charge in [0.2, 0.25) is 0 Å². The van der Waals surface area contributed by atoms with Crippen molar-refractivity contribution in [1.29, 1.82) is 0 Å². The first-order chi connectivity index (χ1) is 8.42. The molecular weight excluding hydrogens is 251 g/mol. The molecule has 0 saturated carbocycles. The topological polar surface area (TPSA) is 50.7 Å². The molecule has 18 heavy (non-hydrogen) atoms. The first-order valence-electron chi connectivity index (χ1n) is 5.18. The highest BCUT2D eigenvalue weighted by Crippen LogP contribution is 2.29. The van der Waals surface area contributed by atoms with Gasteiger partial charge >= 0.3 is 6.36 Å². The minimum atomic E-state index is -4.75. The molecule has 0 spiro atoms. The Kier molecular flexibility index (Phi) is 5.24. The number of anilines is 1. The number of hydrogen-bond donors (Lipinski definition) is 2. The van der Waals surface area contributed by atoms with Gasteiger partial charge in [0.15, 0.2) is 5.75 Å². The number of rotatable bonds is 6. The van der Waals surface area contributed by atoms with Crippen molar-refractivity contribution >= 4 is 5.69 Å². The van der Waals surface area contributed by atoms with Crippen molar-refractivity contribution in [2.24, 2.45) is 0 Å². The molecule has 0 heterocycles. The Morgan fingerprint density at radius 1 is 1.33 bits per heavy atom. The quantitative estimate of drug-likeness (QED) is 0.826. The molecule has 0 aliphatic heterocycles. The summed E-state index contributed by atoms with van der Waals surface area (Å²) in [6.45, 7) is 0.154. The van der Waals surface area contributed by atoms with Crippen molar-refractivity contribution in [3.8, 4) is 5.75 Å². The van der Waals surface area contributed by atoms with E-state index in [1.807, 2.05) is 0 Å². The zero-order valence-electron chi connectivity index (χ0n) is 9.70. The summed E-state index contributed by atoms with van der Waals surface area (Å²) in [5, 5.41) is 12.0. The molecule has 1 rings (SSSR count). The molecule has 0 aliphatic carbocycles. The van der Waals surface area contributed by atoms with Gasteiger partial charge in [0.25, 0.3) is 0 Å². The molecule has 7 heteroatoms. The van der Waals surface area contributed by atoms with Crippen molar-refractivity contribution in [2.45, 2.75) is 12.5 Å². The van der Waals surface area contributed by atoms with Gasteiger partial charge in [0, 0.05) is 13.7 Å². The summed E-state index contributed by atoms with van der Waals surface area (Å²) in [5.41, 5.74) is 0.157. The number of hydrogen-bond acceptors (Lipinski definition) is 4. The van der Waals surface area contributed by atoms with E-state index in [4.69, 9.17) is 4.74 Å². The molecule has 2 N–H and O–H groups in total. The molecule has 0 bridgehead atoms. The Bertz CT molecular complexity index is 371. The van der Waals surface area contributed by atoms with Crippen LogP contribution in [0.3, 0.4) is 0 Å². The standard InChI is InChI=1S/C11H14F3NO3/c1-17-7-8(16)6-15-9-4-2-3-5-10(9)18-11(12,13)14/h2-5,8,15-16H,6-7H2,1H3. The minimum absolute atomic E-state index is 0.0616. The summed E-state index contributed by atoms with van der Waals surface area (Å²) in [6.07, 6.45) is -5.56. The molecule has 4 nitrogen and oxygen atoms in total. The Labute approximate surface area is 102 Å². The molecule has 0 radical (unpaired) electrons. The van der Waals surface area contributed by atoms with Crippen LogP contribution in [0.5, 0.6) is 5.75 Å². The van der Waals surface area contributed by atoms with E-state index in [9.17, 15) is 18.3 Å². The van der Waals surface area contributed by atoms with E-state index in [1.54, 1.807) is 6.07 Å². The van der Waals surface area contributed by atoms with Gasteiger partial charge in [-0.15, -0.1) is 13.2 Å². The molecule has 0 amide bonds. The second-order valence-corrected chi connectivity index (χ2v) is 3.53. The fourth-order valence-electron chi connectivity index (χ4n) is 1.31. The minimum Gasteiger partial charge on any atom is -0.404 e. The van der Waals surface area contributed by atoms with Gasteiger partial charge < -0.3 is 19.9 Å². The average Bonchev–Trinajstić information content (AvgIpc) is 2.26. The van der Waals surface area contributed by atoms with Crippen LogP contribution in [-0.2, 0) is 4.74 Å². The maximum atomic E-state index is 12.1. The monoisotopic (exact) mass is 265 g/mol. The van der Waals surface area contributed by atoms with Crippen molar-refractivity contribution in [3.63, 3.8) is 0 Å². The predicted molar refractivity (Wildman–Crippen MR) is 59.5 cm³/mol. The van der Waals surface area contributed by atoms with Gasteiger partial charge in [-0.25, -0.2) is 0 Å². The van der Waals surface area contributed by atoms with E-state index in [0.717, 1.165) is 0 Å². The molecular formula is C11H14F3NO3. The summed E-state index contributed by atoms with van der Waals surface area (Å²) < 4.78 is 44.9. The van der Waals surface area contributed by atoms with Gasteiger partial charge in [0.05, 0.1) is 18.4 Å². The number of ether oxygens (including phenoxy) is 2. The molecule has 1 aromatic rings. The van der Waals surface area contributed by atoms with Crippen LogP contribution in [0, 0.1) is 0 Å². The van der Waals surface area contributed by atoms with E-state index >= 15 is 0 Å². The van der Waals surface area contributed by atoms with Gasteiger partial charge in [-0.3, -0.25) is 0 Å². The largest absolute Gasteiger partial charge is 0.573 e. The summed E-state index contributed by atoms with van der Waals surface area (Å²) in [7, 11) is 1.42. The van der Waals surface area contributed by atoms with E-state index < -0.39 is 12.5 Å². The maximum Gasteiger partial charge on any atom is 0.573 e. The average molecular weight is 265 g/mol. The van der Waals surface area contributed by atoms with Crippen LogP contribution < -0.4 is 10.1 Å². The zero-order chi connectivity index (χ0) is 13.6. The van der Waals surface area contributed by atoms with Crippen LogP contribution in [-0.4, -0.2) is 37.8 Å². The SMILES string of the molecule is COCC(O)CNc1ccccc1OC(F)(F)F. The summed E-state index contributed by atoms with van der Waals surface area (Å²) >= 11 is 0. The Balaban J connectivity index is 2.65. The number of aliphatic hydroxyl groups excluding tert-OH is 1. The zero-order valence-corrected chi connectivity index (χ0v) is 9.70. The van der Waals surface area contributed by atoms with Gasteiger partial charge in [0.1, 0.15) is 0 Å². The Morgan fingerprint density at radius 3 is 2.61 bits per heavy atom. The smallest absolute Gasteiger partial charge is 0.404 e. The van der Waals surface area contributed by atoms with Crippen LogP contribution >= 0.6 is 0 Å². The third-order valence-corrected chi connectivity index (χ3v) is 2.00. The van der Waals surface area contributed by atoms with E-state index in [2.05, 4.69) is 10.1 Å². The number of alkyl halides is 3. The second kappa shape index (κ2) is 6.46. The number of benzene rings is 1. The first-order valence-corrected chi connectivity index (χ1v) is 5.18. The van der Waals surface area contributed by atoms with E-state index in [-0.39, 0.29) is 24.6 Å². The molecule has 0 aliphatic rings. The fraction of sp³-hybridized carbons (Fsp3) is 0.455. The van der Waals surface area contributed by atoms with E-state index in [1.165, 1.54) is 25.3 Å². The highest BCUT2D eigenvalue weighted by molar-refractivity contribution is 5.56. The van der Waals surface area contributed by atoms with Crippen LogP contribution in [0.2, 0.25) is 0 Å². The normalized spacial score (nSPS) is 13.2. The number of para-hydroxylation sites is 2. The molecule has 102 valence electrons. The van der Waals surface area contributed by atoms with Gasteiger partial charge in [-0.1, -0.05) is 12.1 Å². The third-order valence-electron chi connectivity index (χ3n) is 2.00. The van der Waals surface area contributed by atoms with Crippen LogP contribution in [0.25, 0.3) is 0 Å². The predicted octanol–water partition coefficient (Wildman–Crippen LogP) is 2.00. The molecule has 1 unspecified atom stereocenters. The Morgan fingerprint density at radius 2 is 2.00 bits per heavy atom. The lowest BCUT2D eigenvalue weighted by Crippen LogP contribution is -2.25. The van der Waals surface area contributed by atoms with Gasteiger partial charge in [-0.05, 0) is 12.1 Å². The maximum absolute atomic E-state index is 12.1. The summed E-state index contributed by atoms with van der Waals surface area (Å²) in [4.78, 5) is 0. The van der Waals surface area contributed by atoms with Crippen molar-refractivity contribution in [2.75, 3.05) is 25.6 Å². The molecule has 0 saturated heterocycles. The van der Waals surface area contributed by atoms with Crippen molar-refractivity contribution in [3.05, 3.63) is 24.3 Å². The van der Waals surface area contributed by atoms with Crippen LogP contribution in [0.4, 0.5) is 18.9 Å².